The van der Waals surface area contributed by atoms with Gasteiger partial charge in [-0.2, -0.15) is 0 Å². The molecular formula is C14H14ClFN2. The number of nitrogens with one attached hydrogen (secondary N) is 1. The van der Waals surface area contributed by atoms with Crippen LogP contribution < -0.4 is 11.3 Å². The molecular weight excluding hydrogens is 251 g/mol. The molecule has 2 nitrogen and oxygen atoms in total. The Balaban J connectivity index is 2.52. The minimum absolute atomic E-state index is 0.292. The Kier molecular flexibility index (Phi) is 3.97. The molecule has 0 saturated carbocycles. The van der Waals surface area contributed by atoms with Crippen molar-refractivity contribution in [1.82, 2.24) is 5.43 Å². The molecule has 18 heavy (non-hydrogen) atoms. The fourth-order valence-corrected chi connectivity index (χ4v) is 2.16. The quantitative estimate of drug-likeness (QED) is 0.659. The van der Waals surface area contributed by atoms with Crippen LogP contribution in [0.3, 0.4) is 0 Å². The van der Waals surface area contributed by atoms with Crippen molar-refractivity contribution in [1.29, 1.82) is 0 Å². The zero-order valence-electron chi connectivity index (χ0n) is 9.95. The molecule has 1 unspecified atom stereocenters. The Bertz CT molecular complexity index is 557. The van der Waals surface area contributed by atoms with E-state index in [0.717, 1.165) is 11.1 Å². The molecule has 2 rings (SSSR count). The second kappa shape index (κ2) is 5.48. The standard InChI is InChI=1S/C14H14ClFN2/c1-9-6-7-10(15)8-12(9)14(18-17)11-4-2-3-5-13(11)16/h2-8,14,18H,17H2,1H3. The first-order chi connectivity index (χ1) is 8.63. The van der Waals surface area contributed by atoms with Crippen LogP contribution >= 0.6 is 11.6 Å². The molecule has 4 heteroatoms. The Morgan fingerprint density at radius 1 is 1.17 bits per heavy atom. The van der Waals surface area contributed by atoms with E-state index >= 15 is 0 Å². The first kappa shape index (κ1) is 13.0. The van der Waals surface area contributed by atoms with Gasteiger partial charge in [0.1, 0.15) is 5.82 Å². The van der Waals surface area contributed by atoms with Crippen LogP contribution in [0, 0.1) is 12.7 Å². The van der Waals surface area contributed by atoms with Crippen LogP contribution in [0.4, 0.5) is 4.39 Å². The summed E-state index contributed by atoms with van der Waals surface area (Å²) in [6.45, 7) is 1.94. The molecule has 0 heterocycles. The van der Waals surface area contributed by atoms with E-state index < -0.39 is 6.04 Å². The molecule has 0 bridgehead atoms. The maximum atomic E-state index is 13.8. The van der Waals surface area contributed by atoms with Crippen molar-refractivity contribution in [2.24, 2.45) is 5.84 Å². The van der Waals surface area contributed by atoms with Crippen LogP contribution in [0.5, 0.6) is 0 Å². The van der Waals surface area contributed by atoms with E-state index in [-0.39, 0.29) is 5.82 Å². The van der Waals surface area contributed by atoms with Gasteiger partial charge in [-0.3, -0.25) is 5.84 Å². The highest BCUT2D eigenvalue weighted by Crippen LogP contribution is 2.28. The van der Waals surface area contributed by atoms with E-state index in [1.165, 1.54) is 6.07 Å². The lowest BCUT2D eigenvalue weighted by Gasteiger charge is -2.19. The first-order valence-electron chi connectivity index (χ1n) is 5.60. The second-order valence-electron chi connectivity index (χ2n) is 4.12. The van der Waals surface area contributed by atoms with E-state index in [2.05, 4.69) is 5.43 Å². The fraction of sp³-hybridized carbons (Fsp3) is 0.143. The van der Waals surface area contributed by atoms with Crippen LogP contribution in [-0.2, 0) is 0 Å². The highest BCUT2D eigenvalue weighted by Gasteiger charge is 2.18. The van der Waals surface area contributed by atoms with Gasteiger partial charge in [0.05, 0.1) is 6.04 Å². The van der Waals surface area contributed by atoms with Gasteiger partial charge in [0.15, 0.2) is 0 Å². The lowest BCUT2D eigenvalue weighted by Crippen LogP contribution is -2.30. The Morgan fingerprint density at radius 2 is 1.89 bits per heavy atom. The molecule has 2 aromatic rings. The molecule has 0 fully saturated rings. The zero-order valence-corrected chi connectivity index (χ0v) is 10.7. The molecule has 0 saturated heterocycles. The number of halogens is 2. The number of hydrogen-bond donors (Lipinski definition) is 2. The summed E-state index contributed by atoms with van der Waals surface area (Å²) in [5.74, 6) is 5.27. The molecule has 3 N–H and O–H groups in total. The summed E-state index contributed by atoms with van der Waals surface area (Å²) in [5.41, 5.74) is 5.03. The van der Waals surface area contributed by atoms with Gasteiger partial charge in [-0.05, 0) is 36.2 Å². The summed E-state index contributed by atoms with van der Waals surface area (Å²) in [6, 6.07) is 11.6. The zero-order chi connectivity index (χ0) is 13.1. The molecule has 0 aromatic heterocycles. The maximum absolute atomic E-state index is 13.8. The van der Waals surface area contributed by atoms with Crippen LogP contribution in [-0.4, -0.2) is 0 Å². The van der Waals surface area contributed by atoms with E-state index in [1.54, 1.807) is 30.3 Å². The molecule has 0 aliphatic heterocycles. The molecule has 0 aliphatic carbocycles. The summed E-state index contributed by atoms with van der Waals surface area (Å²) in [7, 11) is 0. The van der Waals surface area contributed by atoms with Crippen molar-refractivity contribution < 1.29 is 4.39 Å². The van der Waals surface area contributed by atoms with Crippen LogP contribution in [0.1, 0.15) is 22.7 Å². The van der Waals surface area contributed by atoms with Gasteiger partial charge in [0.2, 0.25) is 0 Å². The predicted molar refractivity (Wildman–Crippen MR) is 71.8 cm³/mol. The smallest absolute Gasteiger partial charge is 0.128 e. The monoisotopic (exact) mass is 264 g/mol. The van der Waals surface area contributed by atoms with E-state index in [0.29, 0.717) is 10.6 Å². The summed E-state index contributed by atoms with van der Waals surface area (Å²) < 4.78 is 13.8. The average molecular weight is 265 g/mol. The molecule has 0 spiro atoms. The highest BCUT2D eigenvalue weighted by atomic mass is 35.5. The predicted octanol–water partition coefficient (Wildman–Crippen LogP) is 3.34. The van der Waals surface area contributed by atoms with Gasteiger partial charge in [-0.15, -0.1) is 0 Å². The average Bonchev–Trinajstić information content (AvgIpc) is 2.36. The molecule has 94 valence electrons. The summed E-state index contributed by atoms with van der Waals surface area (Å²) in [6.07, 6.45) is 0. The number of benzene rings is 2. The third-order valence-electron chi connectivity index (χ3n) is 2.94. The second-order valence-corrected chi connectivity index (χ2v) is 4.56. The topological polar surface area (TPSA) is 38.0 Å². The van der Waals surface area contributed by atoms with Crippen molar-refractivity contribution in [3.63, 3.8) is 0 Å². The number of hydrogen-bond acceptors (Lipinski definition) is 2. The van der Waals surface area contributed by atoms with Crippen molar-refractivity contribution in [2.75, 3.05) is 0 Å². The number of nitrogens with two attached hydrogens (primary N) is 1. The molecule has 1 atom stereocenters. The number of rotatable bonds is 3. The minimum atomic E-state index is -0.412. The third kappa shape index (κ3) is 2.53. The van der Waals surface area contributed by atoms with Crippen molar-refractivity contribution in [3.05, 3.63) is 70.0 Å². The van der Waals surface area contributed by atoms with Gasteiger partial charge in [0, 0.05) is 10.6 Å². The van der Waals surface area contributed by atoms with Crippen LogP contribution in [0.15, 0.2) is 42.5 Å². The minimum Gasteiger partial charge on any atom is -0.271 e. The summed E-state index contributed by atoms with van der Waals surface area (Å²) in [4.78, 5) is 0. The largest absolute Gasteiger partial charge is 0.271 e. The van der Waals surface area contributed by atoms with Gasteiger partial charge < -0.3 is 0 Å². The van der Waals surface area contributed by atoms with Crippen LogP contribution in [0.25, 0.3) is 0 Å². The first-order valence-corrected chi connectivity index (χ1v) is 5.98. The van der Waals surface area contributed by atoms with Crippen molar-refractivity contribution >= 4 is 11.6 Å². The molecule has 0 aliphatic rings. The third-order valence-corrected chi connectivity index (χ3v) is 3.17. The van der Waals surface area contributed by atoms with Gasteiger partial charge in [-0.1, -0.05) is 35.9 Å². The van der Waals surface area contributed by atoms with Gasteiger partial charge >= 0.3 is 0 Å². The normalized spacial score (nSPS) is 12.4. The Labute approximate surface area is 111 Å². The van der Waals surface area contributed by atoms with Gasteiger partial charge in [0.25, 0.3) is 0 Å². The number of aryl methyl sites for hydroxylation is 1. The molecule has 0 radical (unpaired) electrons. The number of hydrazine groups is 1. The Morgan fingerprint density at radius 3 is 2.56 bits per heavy atom. The van der Waals surface area contributed by atoms with Crippen LogP contribution in [0.2, 0.25) is 5.02 Å². The highest BCUT2D eigenvalue weighted by molar-refractivity contribution is 6.30. The molecule has 2 aromatic carbocycles. The maximum Gasteiger partial charge on any atom is 0.128 e. The van der Waals surface area contributed by atoms with E-state index in [4.69, 9.17) is 17.4 Å². The summed E-state index contributed by atoms with van der Waals surface area (Å²) >= 11 is 5.98. The van der Waals surface area contributed by atoms with Crippen molar-refractivity contribution in [3.8, 4) is 0 Å². The summed E-state index contributed by atoms with van der Waals surface area (Å²) in [5, 5.41) is 0.604. The molecule has 0 amide bonds. The SMILES string of the molecule is Cc1ccc(Cl)cc1C(NN)c1ccccc1F. The Hall–Kier alpha value is -1.42. The fourth-order valence-electron chi connectivity index (χ4n) is 1.98. The lowest BCUT2D eigenvalue weighted by molar-refractivity contribution is 0.559. The van der Waals surface area contributed by atoms with Crippen molar-refractivity contribution in [2.45, 2.75) is 13.0 Å². The van der Waals surface area contributed by atoms with E-state index in [1.807, 2.05) is 13.0 Å². The lowest BCUT2D eigenvalue weighted by atomic mass is 9.95. The van der Waals surface area contributed by atoms with E-state index in [9.17, 15) is 4.39 Å². The van der Waals surface area contributed by atoms with Gasteiger partial charge in [-0.25, -0.2) is 9.82 Å².